The zero-order valence-electron chi connectivity index (χ0n) is 4.05. The number of rotatable bonds is 1. The number of halogens is 2. The lowest BCUT2D eigenvalue weighted by molar-refractivity contribution is 0.249. The molecule has 0 aromatic heterocycles. The lowest BCUT2D eigenvalue weighted by Gasteiger charge is -2.06. The zero-order chi connectivity index (χ0) is 5.98. The summed E-state index contributed by atoms with van der Waals surface area (Å²) in [6.07, 6.45) is 1.25. The molecule has 0 aromatic rings. The Morgan fingerprint density at radius 2 is 2.50 bits per heavy atom. The van der Waals surface area contributed by atoms with Gasteiger partial charge in [-0.15, -0.1) is 23.2 Å². The van der Waals surface area contributed by atoms with E-state index in [4.69, 9.17) is 27.9 Å². The van der Waals surface area contributed by atoms with Crippen LogP contribution in [0.5, 0.6) is 0 Å². The zero-order valence-corrected chi connectivity index (χ0v) is 5.56. The Morgan fingerprint density at radius 1 is 1.75 bits per heavy atom. The van der Waals surface area contributed by atoms with Crippen LogP contribution >= 0.6 is 23.2 Å². The highest BCUT2D eigenvalue weighted by Crippen LogP contribution is 2.13. The van der Waals surface area contributed by atoms with Crippen molar-refractivity contribution in [3.8, 4) is 0 Å². The molecule has 0 fully saturated rings. The molecule has 0 N–H and O–H groups in total. The first-order chi connectivity index (χ1) is 3.80. The third kappa shape index (κ3) is 1.26. The van der Waals surface area contributed by atoms with E-state index in [2.05, 4.69) is 4.99 Å². The summed E-state index contributed by atoms with van der Waals surface area (Å²) >= 11 is 10.9. The molecule has 0 saturated heterocycles. The minimum Gasteiger partial charge on any atom is -0.476 e. The van der Waals surface area contributed by atoms with Gasteiger partial charge in [0.25, 0.3) is 0 Å². The summed E-state index contributed by atoms with van der Waals surface area (Å²) in [5, 5.41) is 0. The standard InChI is InChI=1S/C4H5Cl2NO/c5-4(6)3-1-7-2-8-3/h2-4H,1H2. The average molecular weight is 154 g/mol. The van der Waals surface area contributed by atoms with Crippen LogP contribution in [0.1, 0.15) is 0 Å². The van der Waals surface area contributed by atoms with Crippen molar-refractivity contribution < 1.29 is 4.74 Å². The fourth-order valence-corrected chi connectivity index (χ4v) is 0.728. The molecule has 0 spiro atoms. The van der Waals surface area contributed by atoms with Crippen molar-refractivity contribution in [3.63, 3.8) is 0 Å². The van der Waals surface area contributed by atoms with Crippen LogP contribution in [0, 0.1) is 0 Å². The van der Waals surface area contributed by atoms with Crippen LogP contribution in [0.4, 0.5) is 0 Å². The maximum Gasteiger partial charge on any atom is 0.170 e. The molecule has 0 radical (unpaired) electrons. The molecular formula is C4H5Cl2NO. The van der Waals surface area contributed by atoms with Crippen molar-refractivity contribution in [2.45, 2.75) is 10.9 Å². The third-order valence-electron chi connectivity index (χ3n) is 0.877. The number of hydrogen-bond acceptors (Lipinski definition) is 2. The molecule has 46 valence electrons. The summed E-state index contributed by atoms with van der Waals surface area (Å²) in [7, 11) is 0. The second-order valence-electron chi connectivity index (χ2n) is 1.48. The Morgan fingerprint density at radius 3 is 2.75 bits per heavy atom. The lowest BCUT2D eigenvalue weighted by atomic mass is 10.4. The van der Waals surface area contributed by atoms with Gasteiger partial charge < -0.3 is 4.74 Å². The van der Waals surface area contributed by atoms with Crippen LogP contribution in [0.15, 0.2) is 4.99 Å². The number of nitrogens with zero attached hydrogens (tertiary/aromatic N) is 1. The average Bonchev–Trinajstić information content (AvgIpc) is 2.12. The van der Waals surface area contributed by atoms with Gasteiger partial charge in [-0.3, -0.25) is 4.99 Å². The van der Waals surface area contributed by atoms with Gasteiger partial charge in [-0.25, -0.2) is 0 Å². The van der Waals surface area contributed by atoms with Crippen molar-refractivity contribution in [2.24, 2.45) is 4.99 Å². The van der Waals surface area contributed by atoms with Crippen molar-refractivity contribution in [2.75, 3.05) is 6.54 Å². The molecule has 1 rings (SSSR count). The first-order valence-corrected chi connectivity index (χ1v) is 3.10. The fourth-order valence-electron chi connectivity index (χ4n) is 0.450. The van der Waals surface area contributed by atoms with E-state index >= 15 is 0 Å². The first-order valence-electron chi connectivity index (χ1n) is 2.22. The summed E-state index contributed by atoms with van der Waals surface area (Å²) in [5.74, 6) is 0. The molecule has 1 aliphatic rings. The van der Waals surface area contributed by atoms with Crippen LogP contribution in [0.3, 0.4) is 0 Å². The predicted octanol–water partition coefficient (Wildman–Crippen LogP) is 1.22. The molecule has 0 bridgehead atoms. The van der Waals surface area contributed by atoms with Gasteiger partial charge in [0.2, 0.25) is 0 Å². The molecule has 1 unspecified atom stereocenters. The van der Waals surface area contributed by atoms with Crippen LogP contribution in [-0.2, 0) is 4.74 Å². The molecule has 0 amide bonds. The summed E-state index contributed by atoms with van der Waals surface area (Å²) in [5.41, 5.74) is 0. The van der Waals surface area contributed by atoms with E-state index in [0.717, 1.165) is 0 Å². The van der Waals surface area contributed by atoms with Gasteiger partial charge in [-0.1, -0.05) is 0 Å². The van der Waals surface area contributed by atoms with Gasteiger partial charge in [0.15, 0.2) is 6.40 Å². The largest absolute Gasteiger partial charge is 0.476 e. The summed E-state index contributed by atoms with van der Waals surface area (Å²) < 4.78 is 4.86. The van der Waals surface area contributed by atoms with E-state index in [-0.39, 0.29) is 6.10 Å². The smallest absolute Gasteiger partial charge is 0.170 e. The quantitative estimate of drug-likeness (QED) is 0.520. The van der Waals surface area contributed by atoms with Crippen molar-refractivity contribution >= 4 is 29.6 Å². The molecule has 0 aliphatic carbocycles. The summed E-state index contributed by atoms with van der Waals surface area (Å²) in [4.78, 5) is 3.31. The van der Waals surface area contributed by atoms with E-state index < -0.39 is 4.84 Å². The van der Waals surface area contributed by atoms with Crippen LogP contribution < -0.4 is 0 Å². The Balaban J connectivity index is 2.29. The van der Waals surface area contributed by atoms with E-state index in [0.29, 0.717) is 6.54 Å². The monoisotopic (exact) mass is 153 g/mol. The van der Waals surface area contributed by atoms with Crippen molar-refractivity contribution in [1.82, 2.24) is 0 Å². The van der Waals surface area contributed by atoms with Gasteiger partial charge in [0.05, 0.1) is 6.54 Å². The van der Waals surface area contributed by atoms with E-state index in [1.165, 1.54) is 6.40 Å². The van der Waals surface area contributed by atoms with Gasteiger partial charge >= 0.3 is 0 Å². The van der Waals surface area contributed by atoms with E-state index in [1.54, 1.807) is 0 Å². The number of ether oxygens (including phenoxy) is 1. The van der Waals surface area contributed by atoms with Gasteiger partial charge in [-0.05, 0) is 0 Å². The van der Waals surface area contributed by atoms with Gasteiger partial charge in [0, 0.05) is 0 Å². The molecule has 8 heavy (non-hydrogen) atoms. The second-order valence-corrected chi connectivity index (χ2v) is 2.64. The van der Waals surface area contributed by atoms with Crippen LogP contribution in [-0.4, -0.2) is 23.9 Å². The lowest BCUT2D eigenvalue weighted by Crippen LogP contribution is -2.18. The van der Waals surface area contributed by atoms with E-state index in [9.17, 15) is 0 Å². The molecule has 1 heterocycles. The van der Waals surface area contributed by atoms with Crippen LogP contribution in [0.2, 0.25) is 0 Å². The van der Waals surface area contributed by atoms with Crippen molar-refractivity contribution in [3.05, 3.63) is 0 Å². The highest BCUT2D eigenvalue weighted by Gasteiger charge is 2.19. The summed E-state index contributed by atoms with van der Waals surface area (Å²) in [6.45, 7) is 0.581. The van der Waals surface area contributed by atoms with Crippen LogP contribution in [0.25, 0.3) is 0 Å². The number of alkyl halides is 2. The second kappa shape index (κ2) is 2.55. The van der Waals surface area contributed by atoms with Crippen molar-refractivity contribution in [1.29, 1.82) is 0 Å². The first kappa shape index (κ1) is 6.17. The molecule has 4 heteroatoms. The predicted molar refractivity (Wildman–Crippen MR) is 33.7 cm³/mol. The molecular weight excluding hydrogens is 149 g/mol. The summed E-state index contributed by atoms with van der Waals surface area (Å²) in [6, 6.07) is 0. The normalized spacial score (nSPS) is 26.6. The number of aliphatic imine (C=N–C) groups is 1. The molecule has 2 nitrogen and oxygen atoms in total. The Hall–Kier alpha value is 0.0500. The highest BCUT2D eigenvalue weighted by molar-refractivity contribution is 6.44. The van der Waals surface area contributed by atoms with Gasteiger partial charge in [-0.2, -0.15) is 0 Å². The highest BCUT2D eigenvalue weighted by atomic mass is 35.5. The van der Waals surface area contributed by atoms with E-state index in [1.807, 2.05) is 0 Å². The Bertz CT molecular complexity index is 96.2. The minimum atomic E-state index is -0.461. The number of hydrogen-bond donors (Lipinski definition) is 0. The topological polar surface area (TPSA) is 21.6 Å². The molecule has 1 aliphatic heterocycles. The van der Waals surface area contributed by atoms with Gasteiger partial charge in [0.1, 0.15) is 10.9 Å². The molecule has 1 atom stereocenters. The third-order valence-corrected chi connectivity index (χ3v) is 1.44. The maximum absolute atomic E-state index is 5.44. The fraction of sp³-hybridized carbons (Fsp3) is 0.750. The molecule has 0 aromatic carbocycles. The SMILES string of the molecule is ClC(Cl)C1CN=CO1. The Kier molecular flexibility index (Phi) is 1.97. The minimum absolute atomic E-state index is 0.127. The maximum atomic E-state index is 5.44. The Labute approximate surface area is 57.4 Å². The molecule has 0 saturated carbocycles.